The number of carbonyl (C=O) groups is 3. The van der Waals surface area contributed by atoms with E-state index in [2.05, 4.69) is 31.9 Å². The lowest BCUT2D eigenvalue weighted by molar-refractivity contribution is -0.114. The summed E-state index contributed by atoms with van der Waals surface area (Å²) in [6, 6.07) is 30.1. The molecular formula is C30H23BrClN3O3S. The van der Waals surface area contributed by atoms with E-state index in [-0.39, 0.29) is 17.4 Å². The number of benzene rings is 4. The molecule has 0 saturated heterocycles. The Morgan fingerprint density at radius 2 is 1.38 bits per heavy atom. The number of halogens is 2. The van der Waals surface area contributed by atoms with Crippen molar-refractivity contribution in [3.8, 4) is 0 Å². The minimum absolute atomic E-state index is 0.0417. The molecule has 0 fully saturated rings. The average Bonchev–Trinajstić information content (AvgIpc) is 2.95. The van der Waals surface area contributed by atoms with Gasteiger partial charge >= 0.3 is 0 Å². The molecule has 0 atom stereocenters. The minimum atomic E-state index is -0.506. The Kier molecular flexibility index (Phi) is 9.97. The van der Waals surface area contributed by atoms with Crippen molar-refractivity contribution < 1.29 is 14.4 Å². The van der Waals surface area contributed by atoms with Gasteiger partial charge < -0.3 is 16.0 Å². The quantitative estimate of drug-likeness (QED) is 0.136. The molecule has 3 amide bonds. The largest absolute Gasteiger partial charge is 0.325 e. The van der Waals surface area contributed by atoms with Gasteiger partial charge in [-0.05, 0) is 78.4 Å². The fourth-order valence-corrected chi connectivity index (χ4v) is 4.56. The molecule has 0 saturated carbocycles. The molecule has 0 radical (unpaired) electrons. The zero-order valence-corrected chi connectivity index (χ0v) is 23.6. The highest BCUT2D eigenvalue weighted by Gasteiger charge is 2.16. The van der Waals surface area contributed by atoms with E-state index in [4.69, 9.17) is 11.6 Å². The van der Waals surface area contributed by atoms with Crippen LogP contribution in [0.2, 0.25) is 5.02 Å². The molecule has 4 aromatic carbocycles. The summed E-state index contributed by atoms with van der Waals surface area (Å²) in [5.74, 6) is -0.813. The summed E-state index contributed by atoms with van der Waals surface area (Å²) in [6.07, 6.45) is 1.53. The number of hydrogen-bond acceptors (Lipinski definition) is 4. The smallest absolute Gasteiger partial charge is 0.272 e. The summed E-state index contributed by atoms with van der Waals surface area (Å²) in [7, 11) is 0. The highest BCUT2D eigenvalue weighted by Crippen LogP contribution is 2.22. The van der Waals surface area contributed by atoms with Crippen molar-refractivity contribution in [2.75, 3.05) is 16.4 Å². The third-order valence-electron chi connectivity index (χ3n) is 5.34. The molecule has 0 unspecified atom stereocenters. The highest BCUT2D eigenvalue weighted by molar-refractivity contribution is 9.10. The van der Waals surface area contributed by atoms with Crippen LogP contribution >= 0.6 is 39.3 Å². The van der Waals surface area contributed by atoms with Crippen molar-refractivity contribution in [3.63, 3.8) is 0 Å². The van der Waals surface area contributed by atoms with Gasteiger partial charge in [0.1, 0.15) is 5.70 Å². The third kappa shape index (κ3) is 8.58. The van der Waals surface area contributed by atoms with Gasteiger partial charge in [0, 0.05) is 31.3 Å². The second-order valence-corrected chi connectivity index (χ2v) is 10.6. The Hall–Kier alpha value is -3.85. The highest BCUT2D eigenvalue weighted by atomic mass is 79.9. The maximum atomic E-state index is 13.2. The van der Waals surface area contributed by atoms with E-state index < -0.39 is 11.8 Å². The number of amides is 3. The van der Waals surface area contributed by atoms with E-state index in [1.807, 2.05) is 36.4 Å². The fourth-order valence-electron chi connectivity index (χ4n) is 3.40. The standard InChI is InChI=1S/C30H23BrClN3O3S/c31-22-10-12-23(13-11-22)33-28(36)19-39-25-16-14-24(15-17-25)34-30(38)27(18-21-8-4-5-9-26(21)32)35-29(37)20-6-2-1-3-7-20/h1-18H,19H2,(H,33,36)(H,34,38)(H,35,37)/b27-18-. The van der Waals surface area contributed by atoms with Crippen molar-refractivity contribution in [1.29, 1.82) is 0 Å². The van der Waals surface area contributed by atoms with Gasteiger partial charge in [-0.25, -0.2) is 0 Å². The van der Waals surface area contributed by atoms with Gasteiger partial charge in [-0.1, -0.05) is 63.9 Å². The van der Waals surface area contributed by atoms with Gasteiger partial charge in [0.2, 0.25) is 5.91 Å². The molecule has 0 bridgehead atoms. The SMILES string of the molecule is O=C(CSc1ccc(NC(=O)/C(=C/c2ccccc2Cl)NC(=O)c2ccccc2)cc1)Nc1ccc(Br)cc1. The monoisotopic (exact) mass is 619 g/mol. The van der Waals surface area contributed by atoms with E-state index in [0.29, 0.717) is 21.8 Å². The third-order valence-corrected chi connectivity index (χ3v) is 7.23. The van der Waals surface area contributed by atoms with E-state index >= 15 is 0 Å². The Morgan fingerprint density at radius 1 is 0.769 bits per heavy atom. The molecule has 3 N–H and O–H groups in total. The maximum absolute atomic E-state index is 13.2. The van der Waals surface area contributed by atoms with E-state index in [1.165, 1.54) is 17.8 Å². The van der Waals surface area contributed by atoms with Crippen LogP contribution in [0.25, 0.3) is 6.08 Å². The van der Waals surface area contributed by atoms with Crippen molar-refractivity contribution in [1.82, 2.24) is 5.32 Å². The molecule has 0 spiro atoms. The van der Waals surface area contributed by atoms with Crippen LogP contribution in [0.15, 0.2) is 118 Å². The van der Waals surface area contributed by atoms with Gasteiger partial charge in [-0.15, -0.1) is 11.8 Å². The number of carbonyl (C=O) groups excluding carboxylic acids is 3. The van der Waals surface area contributed by atoms with Gasteiger partial charge in [0.25, 0.3) is 11.8 Å². The molecule has 6 nitrogen and oxygen atoms in total. The van der Waals surface area contributed by atoms with Crippen LogP contribution in [0, 0.1) is 0 Å². The zero-order chi connectivity index (χ0) is 27.6. The predicted octanol–water partition coefficient (Wildman–Crippen LogP) is 7.24. The molecule has 0 aliphatic carbocycles. The molecule has 39 heavy (non-hydrogen) atoms. The second kappa shape index (κ2) is 13.8. The minimum Gasteiger partial charge on any atom is -0.325 e. The van der Waals surface area contributed by atoms with Crippen molar-refractivity contribution in [3.05, 3.63) is 129 Å². The van der Waals surface area contributed by atoms with Gasteiger partial charge in [0.05, 0.1) is 5.75 Å². The molecule has 4 aromatic rings. The van der Waals surface area contributed by atoms with E-state index in [0.717, 1.165) is 15.1 Å². The topological polar surface area (TPSA) is 87.3 Å². The summed E-state index contributed by atoms with van der Waals surface area (Å²) in [4.78, 5) is 39.1. The lowest BCUT2D eigenvalue weighted by Crippen LogP contribution is -2.30. The molecule has 0 aromatic heterocycles. The van der Waals surface area contributed by atoms with Crippen LogP contribution in [-0.4, -0.2) is 23.5 Å². The lowest BCUT2D eigenvalue weighted by Gasteiger charge is -2.12. The molecule has 0 aliphatic rings. The summed E-state index contributed by atoms with van der Waals surface area (Å²) >= 11 is 11.0. The Balaban J connectivity index is 1.40. The van der Waals surface area contributed by atoms with Gasteiger partial charge in [-0.2, -0.15) is 0 Å². The first kappa shape index (κ1) is 28.2. The Bertz CT molecular complexity index is 1490. The molecule has 9 heteroatoms. The summed E-state index contributed by atoms with van der Waals surface area (Å²) in [5, 5.41) is 8.81. The summed E-state index contributed by atoms with van der Waals surface area (Å²) in [5.41, 5.74) is 2.30. The first-order valence-corrected chi connectivity index (χ1v) is 14.0. The zero-order valence-electron chi connectivity index (χ0n) is 20.5. The van der Waals surface area contributed by atoms with Crippen LogP contribution in [0.1, 0.15) is 15.9 Å². The van der Waals surface area contributed by atoms with Crippen LogP contribution in [-0.2, 0) is 9.59 Å². The van der Waals surface area contributed by atoms with Crippen LogP contribution < -0.4 is 16.0 Å². The summed E-state index contributed by atoms with van der Waals surface area (Å²) < 4.78 is 0.937. The average molecular weight is 621 g/mol. The first-order valence-electron chi connectivity index (χ1n) is 11.8. The second-order valence-electron chi connectivity index (χ2n) is 8.22. The molecule has 196 valence electrons. The van der Waals surface area contributed by atoms with Gasteiger partial charge in [0.15, 0.2) is 0 Å². The van der Waals surface area contributed by atoms with E-state index in [9.17, 15) is 14.4 Å². The normalized spacial score (nSPS) is 11.0. The van der Waals surface area contributed by atoms with Crippen molar-refractivity contribution in [2.24, 2.45) is 0 Å². The molecule has 4 rings (SSSR count). The van der Waals surface area contributed by atoms with Crippen LogP contribution in [0.3, 0.4) is 0 Å². The number of hydrogen-bond donors (Lipinski definition) is 3. The molecular weight excluding hydrogens is 598 g/mol. The lowest BCUT2D eigenvalue weighted by atomic mass is 10.1. The fraction of sp³-hybridized carbons (Fsp3) is 0.0333. The number of rotatable bonds is 9. The van der Waals surface area contributed by atoms with Crippen molar-refractivity contribution in [2.45, 2.75) is 4.90 Å². The number of thioether (sulfide) groups is 1. The Morgan fingerprint density at radius 3 is 2.08 bits per heavy atom. The first-order chi connectivity index (χ1) is 18.9. The van der Waals surface area contributed by atoms with Gasteiger partial charge in [-0.3, -0.25) is 14.4 Å². The van der Waals surface area contributed by atoms with Crippen molar-refractivity contribution >= 4 is 74.5 Å². The predicted molar refractivity (Wildman–Crippen MR) is 162 cm³/mol. The number of nitrogens with one attached hydrogen (secondary N) is 3. The maximum Gasteiger partial charge on any atom is 0.272 e. The Labute approximate surface area is 244 Å². The van der Waals surface area contributed by atoms with E-state index in [1.54, 1.807) is 66.7 Å². The number of anilines is 2. The molecule has 0 heterocycles. The van der Waals surface area contributed by atoms with Crippen LogP contribution in [0.5, 0.6) is 0 Å². The summed E-state index contributed by atoms with van der Waals surface area (Å²) in [6.45, 7) is 0. The molecule has 0 aliphatic heterocycles. The van der Waals surface area contributed by atoms with Crippen LogP contribution in [0.4, 0.5) is 11.4 Å².